The first-order valence-electron chi connectivity index (χ1n) is 5.61. The Balaban J connectivity index is 3.35. The third-order valence-corrected chi connectivity index (χ3v) is 2.94. The molecule has 6 heteroatoms. The van der Waals surface area contributed by atoms with Crippen LogP contribution in [-0.4, -0.2) is 28.7 Å². The van der Waals surface area contributed by atoms with Gasteiger partial charge in [0.25, 0.3) is 17.6 Å². The first-order chi connectivity index (χ1) is 8.32. The number of carbonyl (C=O) groups excluding carboxylic acids is 3. The Kier molecular flexibility index (Phi) is 3.90. The lowest BCUT2D eigenvalue weighted by Gasteiger charge is -2.05. The molecule has 0 saturated carbocycles. The number of ketones is 1. The van der Waals surface area contributed by atoms with Crippen molar-refractivity contribution in [1.82, 2.24) is 9.88 Å². The van der Waals surface area contributed by atoms with Crippen molar-refractivity contribution in [3.8, 4) is 0 Å². The highest BCUT2D eigenvalue weighted by Gasteiger charge is 2.27. The summed E-state index contributed by atoms with van der Waals surface area (Å²) >= 11 is 0. The van der Waals surface area contributed by atoms with Crippen LogP contribution >= 0.6 is 0 Å². The van der Waals surface area contributed by atoms with Gasteiger partial charge in [-0.3, -0.25) is 14.4 Å². The van der Waals surface area contributed by atoms with Crippen molar-refractivity contribution in [2.24, 2.45) is 12.8 Å². The highest BCUT2D eigenvalue weighted by molar-refractivity contribution is 6.43. The number of nitrogens with two attached hydrogens (primary N) is 1. The third-order valence-electron chi connectivity index (χ3n) is 2.94. The quantitative estimate of drug-likeness (QED) is 0.585. The van der Waals surface area contributed by atoms with Crippen molar-refractivity contribution in [1.29, 1.82) is 0 Å². The van der Waals surface area contributed by atoms with E-state index in [-0.39, 0.29) is 5.69 Å². The van der Waals surface area contributed by atoms with Crippen LogP contribution in [0, 0.1) is 13.8 Å². The van der Waals surface area contributed by atoms with Crippen LogP contribution in [-0.2, 0) is 11.8 Å². The lowest BCUT2D eigenvalue weighted by molar-refractivity contribution is -0.116. The summed E-state index contributed by atoms with van der Waals surface area (Å²) in [6.45, 7) is 5.39. The van der Waals surface area contributed by atoms with Crippen LogP contribution in [0.1, 0.15) is 39.0 Å². The maximum absolute atomic E-state index is 12.0. The predicted octanol–water partition coefficient (Wildman–Crippen LogP) is 0.0596. The second-order valence-corrected chi connectivity index (χ2v) is 4.05. The van der Waals surface area contributed by atoms with Crippen LogP contribution in [0.5, 0.6) is 0 Å². The van der Waals surface area contributed by atoms with Crippen LogP contribution in [0.4, 0.5) is 0 Å². The molecule has 98 valence electrons. The van der Waals surface area contributed by atoms with E-state index in [0.29, 0.717) is 23.4 Å². The summed E-state index contributed by atoms with van der Waals surface area (Å²) in [5.41, 5.74) is 6.79. The summed E-state index contributed by atoms with van der Waals surface area (Å²) in [5.74, 6) is -1.94. The standard InChI is InChI=1S/C12H17N3O3/c1-5-14-12(18)10(16)9-6(2)8(11(13)17)7(3)15(9)4/h5H2,1-4H3,(H2,13,17)(H,14,18). The molecule has 0 spiro atoms. The Morgan fingerprint density at radius 2 is 1.83 bits per heavy atom. The van der Waals surface area contributed by atoms with E-state index < -0.39 is 17.6 Å². The van der Waals surface area contributed by atoms with Gasteiger partial charge in [-0.2, -0.15) is 0 Å². The summed E-state index contributed by atoms with van der Waals surface area (Å²) in [6.07, 6.45) is 0. The number of nitrogens with zero attached hydrogens (tertiary/aromatic N) is 1. The fourth-order valence-electron chi connectivity index (χ4n) is 2.01. The SMILES string of the molecule is CCNC(=O)C(=O)c1c(C)c(C(N)=O)c(C)n1C. The van der Waals surface area contributed by atoms with Crippen LogP contribution in [0.3, 0.4) is 0 Å². The largest absolute Gasteiger partial charge is 0.366 e. The van der Waals surface area contributed by atoms with Crippen molar-refractivity contribution in [3.63, 3.8) is 0 Å². The average Bonchev–Trinajstić information content (AvgIpc) is 2.49. The van der Waals surface area contributed by atoms with E-state index in [2.05, 4.69) is 5.32 Å². The van der Waals surface area contributed by atoms with E-state index in [4.69, 9.17) is 5.73 Å². The molecule has 0 aromatic carbocycles. The molecule has 0 saturated heterocycles. The lowest BCUT2D eigenvalue weighted by Crippen LogP contribution is -2.32. The number of hydrogen-bond donors (Lipinski definition) is 2. The Labute approximate surface area is 105 Å². The van der Waals surface area contributed by atoms with Gasteiger partial charge in [-0.15, -0.1) is 0 Å². The second-order valence-electron chi connectivity index (χ2n) is 4.05. The highest BCUT2D eigenvalue weighted by atomic mass is 16.2. The minimum absolute atomic E-state index is 0.201. The van der Waals surface area contributed by atoms with Gasteiger partial charge in [0.2, 0.25) is 0 Å². The Bertz CT molecular complexity index is 529. The minimum atomic E-state index is -0.683. The summed E-state index contributed by atoms with van der Waals surface area (Å²) in [6, 6.07) is 0. The molecule has 1 rings (SSSR count). The normalized spacial score (nSPS) is 10.2. The topological polar surface area (TPSA) is 94.2 Å². The number of Topliss-reactive ketones (excluding diaryl/α,β-unsaturated/α-hetero) is 1. The molecule has 6 nitrogen and oxygen atoms in total. The van der Waals surface area contributed by atoms with Crippen LogP contribution < -0.4 is 11.1 Å². The van der Waals surface area contributed by atoms with Gasteiger partial charge < -0.3 is 15.6 Å². The van der Waals surface area contributed by atoms with Crippen molar-refractivity contribution >= 4 is 17.6 Å². The van der Waals surface area contributed by atoms with E-state index >= 15 is 0 Å². The minimum Gasteiger partial charge on any atom is -0.366 e. The monoisotopic (exact) mass is 251 g/mol. The second kappa shape index (κ2) is 5.03. The van der Waals surface area contributed by atoms with Crippen LogP contribution in [0.2, 0.25) is 0 Å². The molecule has 0 bridgehead atoms. The van der Waals surface area contributed by atoms with Gasteiger partial charge in [0, 0.05) is 19.3 Å². The first-order valence-corrected chi connectivity index (χ1v) is 5.61. The van der Waals surface area contributed by atoms with Gasteiger partial charge >= 0.3 is 0 Å². The third kappa shape index (κ3) is 2.13. The molecule has 0 unspecified atom stereocenters. The van der Waals surface area contributed by atoms with Crippen LogP contribution in [0.15, 0.2) is 0 Å². The Hall–Kier alpha value is -2.11. The molecule has 0 radical (unpaired) electrons. The summed E-state index contributed by atoms with van der Waals surface area (Å²) in [4.78, 5) is 34.9. The molecule has 1 heterocycles. The van der Waals surface area contributed by atoms with E-state index in [9.17, 15) is 14.4 Å². The maximum Gasteiger partial charge on any atom is 0.293 e. The van der Waals surface area contributed by atoms with Gasteiger partial charge in [0.05, 0.1) is 11.3 Å². The summed E-state index contributed by atoms with van der Waals surface area (Å²) < 4.78 is 1.52. The Morgan fingerprint density at radius 3 is 2.22 bits per heavy atom. The highest BCUT2D eigenvalue weighted by Crippen LogP contribution is 2.21. The smallest absolute Gasteiger partial charge is 0.293 e. The fraction of sp³-hybridized carbons (Fsp3) is 0.417. The number of primary amides is 1. The number of hydrogen-bond acceptors (Lipinski definition) is 3. The van der Waals surface area contributed by atoms with Crippen molar-refractivity contribution in [2.45, 2.75) is 20.8 Å². The number of likely N-dealkylation sites (N-methyl/N-ethyl adjacent to an activating group) is 1. The molecular weight excluding hydrogens is 234 g/mol. The van der Waals surface area contributed by atoms with Crippen molar-refractivity contribution in [2.75, 3.05) is 6.54 Å². The number of nitrogens with one attached hydrogen (secondary N) is 1. The number of carbonyl (C=O) groups is 3. The van der Waals surface area contributed by atoms with E-state index in [1.807, 2.05) is 0 Å². The molecule has 0 atom stereocenters. The zero-order valence-corrected chi connectivity index (χ0v) is 11.0. The van der Waals surface area contributed by atoms with Gasteiger partial charge in [-0.05, 0) is 26.3 Å². The zero-order chi connectivity index (χ0) is 14.0. The molecule has 1 aromatic rings. The predicted molar refractivity (Wildman–Crippen MR) is 66.4 cm³/mol. The zero-order valence-electron chi connectivity index (χ0n) is 11.0. The number of rotatable bonds is 4. The lowest BCUT2D eigenvalue weighted by atomic mass is 10.1. The molecule has 0 aliphatic heterocycles. The van der Waals surface area contributed by atoms with E-state index in [1.165, 1.54) is 4.57 Å². The maximum atomic E-state index is 12.0. The van der Waals surface area contributed by atoms with Gasteiger partial charge in [-0.1, -0.05) is 0 Å². The van der Waals surface area contributed by atoms with E-state index in [1.54, 1.807) is 27.8 Å². The van der Waals surface area contributed by atoms with Gasteiger partial charge in [0.1, 0.15) is 0 Å². The fourth-order valence-corrected chi connectivity index (χ4v) is 2.01. The van der Waals surface area contributed by atoms with Gasteiger partial charge in [0.15, 0.2) is 0 Å². The molecule has 0 aliphatic carbocycles. The number of aromatic nitrogens is 1. The van der Waals surface area contributed by atoms with Crippen molar-refractivity contribution < 1.29 is 14.4 Å². The molecule has 2 amide bonds. The molecule has 1 aromatic heterocycles. The average molecular weight is 251 g/mol. The molecule has 3 N–H and O–H groups in total. The van der Waals surface area contributed by atoms with Gasteiger partial charge in [-0.25, -0.2) is 0 Å². The molecule has 18 heavy (non-hydrogen) atoms. The summed E-state index contributed by atoms with van der Waals surface area (Å²) in [5, 5.41) is 2.44. The molecular formula is C12H17N3O3. The molecule has 0 fully saturated rings. The van der Waals surface area contributed by atoms with E-state index in [0.717, 1.165) is 0 Å². The molecule has 0 aliphatic rings. The summed E-state index contributed by atoms with van der Waals surface area (Å²) in [7, 11) is 1.63. The van der Waals surface area contributed by atoms with Crippen molar-refractivity contribution in [3.05, 3.63) is 22.5 Å². The Morgan fingerprint density at radius 1 is 1.28 bits per heavy atom. The first kappa shape index (κ1) is 14.0. The van der Waals surface area contributed by atoms with Crippen LogP contribution in [0.25, 0.3) is 0 Å². The number of amides is 2.